The van der Waals surface area contributed by atoms with E-state index in [4.69, 9.17) is 4.74 Å². The summed E-state index contributed by atoms with van der Waals surface area (Å²) in [6, 6.07) is 9.86. The maximum absolute atomic E-state index is 12.5. The molecule has 2 aromatic rings. The van der Waals surface area contributed by atoms with Crippen LogP contribution < -0.4 is 9.46 Å². The SMILES string of the molecule is Cc1cc(S(=O)(=O)NC(C)c2ccccn2)ccc1OC(C)C. The zero-order chi connectivity index (χ0) is 17.0. The summed E-state index contributed by atoms with van der Waals surface area (Å²) >= 11 is 0. The molecule has 1 N–H and O–H groups in total. The van der Waals surface area contributed by atoms with Crippen LogP contribution >= 0.6 is 0 Å². The topological polar surface area (TPSA) is 68.3 Å². The molecular weight excluding hydrogens is 312 g/mol. The number of pyridine rings is 1. The van der Waals surface area contributed by atoms with Crippen molar-refractivity contribution in [2.24, 2.45) is 0 Å². The van der Waals surface area contributed by atoms with Crippen molar-refractivity contribution in [2.45, 2.75) is 44.7 Å². The lowest BCUT2D eigenvalue weighted by atomic mass is 10.2. The molecule has 0 aliphatic rings. The molecule has 6 heteroatoms. The van der Waals surface area contributed by atoms with Gasteiger partial charge in [0.25, 0.3) is 0 Å². The van der Waals surface area contributed by atoms with Crippen LogP contribution in [0.4, 0.5) is 0 Å². The monoisotopic (exact) mass is 334 g/mol. The predicted octanol–water partition coefficient (Wildman–Crippen LogP) is 3.22. The molecule has 1 heterocycles. The number of benzene rings is 1. The summed E-state index contributed by atoms with van der Waals surface area (Å²) in [7, 11) is -3.62. The highest BCUT2D eigenvalue weighted by Crippen LogP contribution is 2.23. The molecular formula is C17H22N2O3S. The highest BCUT2D eigenvalue weighted by molar-refractivity contribution is 7.89. The highest BCUT2D eigenvalue weighted by atomic mass is 32.2. The second kappa shape index (κ2) is 7.10. The molecule has 0 bridgehead atoms. The summed E-state index contributed by atoms with van der Waals surface area (Å²) in [6.07, 6.45) is 1.68. The van der Waals surface area contributed by atoms with E-state index in [0.717, 1.165) is 5.56 Å². The van der Waals surface area contributed by atoms with Gasteiger partial charge in [0, 0.05) is 6.20 Å². The normalized spacial score (nSPS) is 13.1. The molecule has 0 spiro atoms. The number of aryl methyl sites for hydroxylation is 1. The van der Waals surface area contributed by atoms with Gasteiger partial charge in [-0.05, 0) is 63.6 Å². The molecule has 0 amide bonds. The van der Waals surface area contributed by atoms with E-state index < -0.39 is 16.1 Å². The smallest absolute Gasteiger partial charge is 0.241 e. The molecule has 124 valence electrons. The molecule has 0 radical (unpaired) electrons. The van der Waals surface area contributed by atoms with Crippen molar-refractivity contribution in [2.75, 3.05) is 0 Å². The van der Waals surface area contributed by atoms with Crippen LogP contribution in [0.2, 0.25) is 0 Å². The third-order valence-corrected chi connectivity index (χ3v) is 4.82. The quantitative estimate of drug-likeness (QED) is 0.881. The Labute approximate surface area is 137 Å². The molecule has 1 aromatic carbocycles. The Bertz CT molecular complexity index is 759. The van der Waals surface area contributed by atoms with Gasteiger partial charge in [0.05, 0.1) is 22.7 Å². The third kappa shape index (κ3) is 4.53. The van der Waals surface area contributed by atoms with E-state index in [-0.39, 0.29) is 11.0 Å². The third-order valence-electron chi connectivity index (χ3n) is 3.28. The minimum absolute atomic E-state index is 0.0402. The first-order chi connectivity index (χ1) is 10.8. The summed E-state index contributed by atoms with van der Waals surface area (Å²) < 4.78 is 33.3. The number of ether oxygens (including phenoxy) is 1. The van der Waals surface area contributed by atoms with Gasteiger partial charge in [-0.3, -0.25) is 4.98 Å². The largest absolute Gasteiger partial charge is 0.491 e. The van der Waals surface area contributed by atoms with Crippen molar-refractivity contribution in [3.8, 4) is 5.75 Å². The Kier molecular flexibility index (Phi) is 5.38. The molecule has 0 aliphatic heterocycles. The standard InChI is InChI=1S/C17H22N2O3S/c1-12(2)22-17-9-8-15(11-13(17)3)23(20,21)19-14(4)16-7-5-6-10-18-16/h5-12,14,19H,1-4H3. The fraction of sp³-hybridized carbons (Fsp3) is 0.353. The molecule has 1 atom stereocenters. The summed E-state index contributed by atoms with van der Waals surface area (Å²) in [5.41, 5.74) is 1.46. The van der Waals surface area contributed by atoms with Gasteiger partial charge in [-0.15, -0.1) is 0 Å². The number of nitrogens with zero attached hydrogens (tertiary/aromatic N) is 1. The second-order valence-electron chi connectivity index (χ2n) is 5.69. The van der Waals surface area contributed by atoms with E-state index in [1.54, 1.807) is 43.5 Å². The Morgan fingerprint density at radius 2 is 1.87 bits per heavy atom. The zero-order valence-electron chi connectivity index (χ0n) is 13.8. The molecule has 0 aliphatic carbocycles. The van der Waals surface area contributed by atoms with Crippen LogP contribution in [0.3, 0.4) is 0 Å². The molecule has 23 heavy (non-hydrogen) atoms. The lowest BCUT2D eigenvalue weighted by Gasteiger charge is -2.16. The van der Waals surface area contributed by atoms with Crippen LogP contribution in [0.1, 0.15) is 38.1 Å². The van der Waals surface area contributed by atoms with E-state index >= 15 is 0 Å². The molecule has 0 saturated heterocycles. The summed E-state index contributed by atoms with van der Waals surface area (Å²) in [6.45, 7) is 7.46. The minimum Gasteiger partial charge on any atom is -0.491 e. The second-order valence-corrected chi connectivity index (χ2v) is 7.41. The number of hydrogen-bond donors (Lipinski definition) is 1. The fourth-order valence-electron chi connectivity index (χ4n) is 2.17. The van der Waals surface area contributed by atoms with Crippen molar-refractivity contribution in [1.29, 1.82) is 0 Å². The van der Waals surface area contributed by atoms with Gasteiger partial charge >= 0.3 is 0 Å². The van der Waals surface area contributed by atoms with Crippen molar-refractivity contribution in [3.05, 3.63) is 53.9 Å². The van der Waals surface area contributed by atoms with Gasteiger partial charge in [0.2, 0.25) is 10.0 Å². The summed E-state index contributed by atoms with van der Waals surface area (Å²) in [5.74, 6) is 0.691. The average molecular weight is 334 g/mol. The lowest BCUT2D eigenvalue weighted by molar-refractivity contribution is 0.240. The number of sulfonamides is 1. The average Bonchev–Trinajstić information content (AvgIpc) is 2.49. The zero-order valence-corrected chi connectivity index (χ0v) is 14.6. The summed E-state index contributed by atoms with van der Waals surface area (Å²) in [4.78, 5) is 4.39. The molecule has 0 fully saturated rings. The highest BCUT2D eigenvalue weighted by Gasteiger charge is 2.20. The van der Waals surface area contributed by atoms with Gasteiger partial charge in [0.15, 0.2) is 0 Å². The van der Waals surface area contributed by atoms with Gasteiger partial charge in [0.1, 0.15) is 5.75 Å². The number of aromatic nitrogens is 1. The van der Waals surface area contributed by atoms with E-state index in [9.17, 15) is 8.42 Å². The van der Waals surface area contributed by atoms with Crippen LogP contribution in [-0.2, 0) is 10.0 Å². The molecule has 0 saturated carbocycles. The van der Waals surface area contributed by atoms with Crippen molar-refractivity contribution in [3.63, 3.8) is 0 Å². The maximum Gasteiger partial charge on any atom is 0.241 e. The van der Waals surface area contributed by atoms with E-state index in [1.165, 1.54) is 0 Å². The van der Waals surface area contributed by atoms with Crippen LogP contribution in [0.15, 0.2) is 47.5 Å². The van der Waals surface area contributed by atoms with Gasteiger partial charge in [-0.25, -0.2) is 13.1 Å². The lowest BCUT2D eigenvalue weighted by Crippen LogP contribution is -2.27. The van der Waals surface area contributed by atoms with E-state index in [2.05, 4.69) is 9.71 Å². The number of rotatable bonds is 6. The van der Waals surface area contributed by atoms with E-state index in [0.29, 0.717) is 11.4 Å². The number of hydrogen-bond acceptors (Lipinski definition) is 4. The van der Waals surface area contributed by atoms with Gasteiger partial charge < -0.3 is 4.74 Å². The van der Waals surface area contributed by atoms with Crippen LogP contribution in [-0.4, -0.2) is 19.5 Å². The predicted molar refractivity (Wildman–Crippen MR) is 89.9 cm³/mol. The Morgan fingerprint density at radius 3 is 2.43 bits per heavy atom. The summed E-state index contributed by atoms with van der Waals surface area (Å²) in [5, 5.41) is 0. The van der Waals surface area contributed by atoms with Gasteiger partial charge in [-0.2, -0.15) is 0 Å². The maximum atomic E-state index is 12.5. The van der Waals surface area contributed by atoms with Gasteiger partial charge in [-0.1, -0.05) is 6.07 Å². The van der Waals surface area contributed by atoms with Crippen LogP contribution in [0.25, 0.3) is 0 Å². The molecule has 1 unspecified atom stereocenters. The minimum atomic E-state index is -3.62. The first-order valence-corrected chi connectivity index (χ1v) is 8.98. The first-order valence-electron chi connectivity index (χ1n) is 7.50. The van der Waals surface area contributed by atoms with Crippen LogP contribution in [0, 0.1) is 6.92 Å². The molecule has 2 rings (SSSR count). The molecule has 1 aromatic heterocycles. The van der Waals surface area contributed by atoms with Crippen molar-refractivity contribution in [1.82, 2.24) is 9.71 Å². The Morgan fingerprint density at radius 1 is 1.13 bits per heavy atom. The van der Waals surface area contributed by atoms with Crippen molar-refractivity contribution >= 4 is 10.0 Å². The number of nitrogens with one attached hydrogen (secondary N) is 1. The first kappa shape index (κ1) is 17.4. The van der Waals surface area contributed by atoms with Crippen molar-refractivity contribution < 1.29 is 13.2 Å². The molecule has 5 nitrogen and oxygen atoms in total. The fourth-order valence-corrected chi connectivity index (χ4v) is 3.47. The van der Waals surface area contributed by atoms with Crippen LogP contribution in [0.5, 0.6) is 5.75 Å². The Balaban J connectivity index is 2.21. The Hall–Kier alpha value is -1.92. The van der Waals surface area contributed by atoms with E-state index in [1.807, 2.05) is 26.8 Å².